The van der Waals surface area contributed by atoms with Gasteiger partial charge in [0.1, 0.15) is 0 Å². The standard InChI is InChI=1S/C25H28N4O2/c1-2-21(18-9-5-3-6-10-18)25(31)29-15-13-20(14-16-29)27-24(30)22-17-26-28-23(22)19-11-7-4-8-12-19/h3-12,17,20-21H,2,13-16H2,1H3,(H,26,28)(H,27,30). The van der Waals surface area contributed by atoms with E-state index in [1.165, 1.54) is 0 Å². The largest absolute Gasteiger partial charge is 0.349 e. The molecule has 4 rings (SSSR count). The highest BCUT2D eigenvalue weighted by Crippen LogP contribution is 2.25. The molecule has 0 aliphatic carbocycles. The van der Waals surface area contributed by atoms with Crippen molar-refractivity contribution in [2.45, 2.75) is 38.1 Å². The zero-order valence-corrected chi connectivity index (χ0v) is 17.8. The highest BCUT2D eigenvalue weighted by atomic mass is 16.2. The van der Waals surface area contributed by atoms with E-state index in [9.17, 15) is 9.59 Å². The number of nitrogens with one attached hydrogen (secondary N) is 2. The normalized spacial score (nSPS) is 15.5. The summed E-state index contributed by atoms with van der Waals surface area (Å²) >= 11 is 0. The Labute approximate surface area is 182 Å². The molecule has 160 valence electrons. The van der Waals surface area contributed by atoms with Gasteiger partial charge in [-0.3, -0.25) is 14.7 Å². The molecule has 1 aliphatic heterocycles. The number of rotatable bonds is 6. The summed E-state index contributed by atoms with van der Waals surface area (Å²) < 4.78 is 0. The smallest absolute Gasteiger partial charge is 0.255 e. The fourth-order valence-corrected chi connectivity index (χ4v) is 4.25. The molecule has 0 bridgehead atoms. The van der Waals surface area contributed by atoms with Crippen LogP contribution in [0.5, 0.6) is 0 Å². The summed E-state index contributed by atoms with van der Waals surface area (Å²) in [6.45, 7) is 3.37. The molecular formula is C25H28N4O2. The van der Waals surface area contributed by atoms with Crippen molar-refractivity contribution in [2.75, 3.05) is 13.1 Å². The van der Waals surface area contributed by atoms with E-state index in [1.807, 2.05) is 65.6 Å². The Bertz CT molecular complexity index is 1010. The Hall–Kier alpha value is -3.41. The zero-order valence-electron chi connectivity index (χ0n) is 17.8. The summed E-state index contributed by atoms with van der Waals surface area (Å²) in [6, 6.07) is 19.7. The number of carbonyl (C=O) groups excluding carboxylic acids is 2. The molecule has 2 N–H and O–H groups in total. The first-order chi connectivity index (χ1) is 15.2. The molecule has 1 aliphatic rings. The second-order valence-corrected chi connectivity index (χ2v) is 7.97. The fraction of sp³-hybridized carbons (Fsp3) is 0.320. The summed E-state index contributed by atoms with van der Waals surface area (Å²) in [6.07, 6.45) is 3.85. The van der Waals surface area contributed by atoms with Gasteiger partial charge in [-0.15, -0.1) is 0 Å². The van der Waals surface area contributed by atoms with Crippen molar-refractivity contribution in [1.29, 1.82) is 0 Å². The van der Waals surface area contributed by atoms with E-state index in [4.69, 9.17) is 0 Å². The van der Waals surface area contributed by atoms with Gasteiger partial charge in [0.15, 0.2) is 0 Å². The lowest BCUT2D eigenvalue weighted by Crippen LogP contribution is -2.47. The maximum absolute atomic E-state index is 13.1. The number of amides is 2. The maximum Gasteiger partial charge on any atom is 0.255 e. The van der Waals surface area contributed by atoms with Crippen LogP contribution in [0, 0.1) is 0 Å². The van der Waals surface area contributed by atoms with Crippen LogP contribution in [-0.2, 0) is 4.79 Å². The average molecular weight is 417 g/mol. The molecule has 2 aromatic carbocycles. The third kappa shape index (κ3) is 4.68. The van der Waals surface area contributed by atoms with Gasteiger partial charge in [0.05, 0.1) is 23.4 Å². The third-order valence-electron chi connectivity index (χ3n) is 6.00. The number of hydrogen-bond acceptors (Lipinski definition) is 3. The first-order valence-electron chi connectivity index (χ1n) is 10.9. The fourth-order valence-electron chi connectivity index (χ4n) is 4.25. The second-order valence-electron chi connectivity index (χ2n) is 7.97. The van der Waals surface area contributed by atoms with Crippen LogP contribution in [0.15, 0.2) is 66.9 Å². The molecule has 1 saturated heterocycles. The Morgan fingerprint density at radius 2 is 1.71 bits per heavy atom. The van der Waals surface area contributed by atoms with Crippen LogP contribution in [0.25, 0.3) is 11.3 Å². The molecule has 1 aromatic heterocycles. The first-order valence-corrected chi connectivity index (χ1v) is 10.9. The Morgan fingerprint density at radius 1 is 1.06 bits per heavy atom. The van der Waals surface area contributed by atoms with Crippen LogP contribution in [0.2, 0.25) is 0 Å². The zero-order chi connectivity index (χ0) is 21.6. The molecule has 1 fully saturated rings. The molecule has 2 heterocycles. The second kappa shape index (κ2) is 9.60. The molecule has 3 aromatic rings. The van der Waals surface area contributed by atoms with Gasteiger partial charge in [0.25, 0.3) is 5.91 Å². The van der Waals surface area contributed by atoms with Crippen molar-refractivity contribution < 1.29 is 9.59 Å². The van der Waals surface area contributed by atoms with E-state index in [1.54, 1.807) is 6.20 Å². The predicted molar refractivity (Wildman–Crippen MR) is 121 cm³/mol. The number of piperidine rings is 1. The van der Waals surface area contributed by atoms with E-state index < -0.39 is 0 Å². The quantitative estimate of drug-likeness (QED) is 0.638. The minimum absolute atomic E-state index is 0.0480. The van der Waals surface area contributed by atoms with Crippen LogP contribution < -0.4 is 5.32 Å². The Kier molecular flexibility index (Phi) is 6.46. The maximum atomic E-state index is 13.1. The molecular weight excluding hydrogens is 388 g/mol. The Balaban J connectivity index is 1.35. The summed E-state index contributed by atoms with van der Waals surface area (Å²) in [4.78, 5) is 27.9. The number of aromatic amines is 1. The van der Waals surface area contributed by atoms with Crippen molar-refractivity contribution in [2.24, 2.45) is 0 Å². The molecule has 0 radical (unpaired) electrons. The minimum atomic E-state index is -0.131. The van der Waals surface area contributed by atoms with E-state index in [-0.39, 0.29) is 23.8 Å². The van der Waals surface area contributed by atoms with Crippen LogP contribution in [0.4, 0.5) is 0 Å². The highest BCUT2D eigenvalue weighted by Gasteiger charge is 2.29. The molecule has 6 heteroatoms. The summed E-state index contributed by atoms with van der Waals surface area (Å²) in [5, 5.41) is 10.1. The van der Waals surface area contributed by atoms with Gasteiger partial charge in [0, 0.05) is 24.7 Å². The molecule has 31 heavy (non-hydrogen) atoms. The first kappa shape index (κ1) is 20.8. The van der Waals surface area contributed by atoms with Crippen LogP contribution in [0.1, 0.15) is 48.0 Å². The number of nitrogens with zero attached hydrogens (tertiary/aromatic N) is 2. The average Bonchev–Trinajstić information content (AvgIpc) is 3.31. The van der Waals surface area contributed by atoms with E-state index in [2.05, 4.69) is 22.4 Å². The number of benzene rings is 2. The monoisotopic (exact) mass is 416 g/mol. The van der Waals surface area contributed by atoms with E-state index in [0.717, 1.165) is 36.1 Å². The number of aromatic nitrogens is 2. The summed E-state index contributed by atoms with van der Waals surface area (Å²) in [5.74, 6) is -0.0560. The number of H-pyrrole nitrogens is 1. The van der Waals surface area contributed by atoms with Crippen molar-refractivity contribution in [3.8, 4) is 11.3 Å². The molecule has 1 unspecified atom stereocenters. The van der Waals surface area contributed by atoms with Gasteiger partial charge in [-0.05, 0) is 24.8 Å². The lowest BCUT2D eigenvalue weighted by molar-refractivity contribution is -0.134. The lowest BCUT2D eigenvalue weighted by atomic mass is 9.93. The number of likely N-dealkylation sites (tertiary alicyclic amines) is 1. The van der Waals surface area contributed by atoms with Crippen molar-refractivity contribution in [1.82, 2.24) is 20.4 Å². The van der Waals surface area contributed by atoms with Gasteiger partial charge in [-0.25, -0.2) is 0 Å². The molecule has 1 atom stereocenters. The van der Waals surface area contributed by atoms with Crippen molar-refractivity contribution in [3.63, 3.8) is 0 Å². The molecule has 0 saturated carbocycles. The number of hydrogen-bond donors (Lipinski definition) is 2. The topological polar surface area (TPSA) is 78.1 Å². The van der Waals surface area contributed by atoms with Gasteiger partial charge < -0.3 is 10.2 Å². The van der Waals surface area contributed by atoms with Gasteiger partial charge in [-0.1, -0.05) is 67.6 Å². The van der Waals surface area contributed by atoms with Gasteiger partial charge in [-0.2, -0.15) is 5.10 Å². The molecule has 0 spiro atoms. The van der Waals surface area contributed by atoms with E-state index >= 15 is 0 Å². The summed E-state index contributed by atoms with van der Waals surface area (Å²) in [5.41, 5.74) is 3.26. The lowest BCUT2D eigenvalue weighted by Gasteiger charge is -2.34. The van der Waals surface area contributed by atoms with Crippen LogP contribution in [0.3, 0.4) is 0 Å². The third-order valence-corrected chi connectivity index (χ3v) is 6.00. The number of carbonyl (C=O) groups is 2. The van der Waals surface area contributed by atoms with Gasteiger partial charge in [0.2, 0.25) is 5.91 Å². The summed E-state index contributed by atoms with van der Waals surface area (Å²) in [7, 11) is 0. The van der Waals surface area contributed by atoms with E-state index in [0.29, 0.717) is 18.7 Å². The highest BCUT2D eigenvalue weighted by molar-refractivity contribution is 5.99. The minimum Gasteiger partial charge on any atom is -0.349 e. The molecule has 6 nitrogen and oxygen atoms in total. The Morgan fingerprint density at radius 3 is 2.35 bits per heavy atom. The van der Waals surface area contributed by atoms with Crippen LogP contribution in [-0.4, -0.2) is 46.0 Å². The molecule has 2 amide bonds. The van der Waals surface area contributed by atoms with Crippen molar-refractivity contribution in [3.05, 3.63) is 78.0 Å². The predicted octanol–water partition coefficient (Wildman–Crippen LogP) is 3.99. The van der Waals surface area contributed by atoms with Crippen LogP contribution >= 0.6 is 0 Å². The SMILES string of the molecule is CCC(C(=O)N1CCC(NC(=O)c2cn[nH]c2-c2ccccc2)CC1)c1ccccc1. The van der Waals surface area contributed by atoms with Gasteiger partial charge >= 0.3 is 0 Å². The van der Waals surface area contributed by atoms with Crippen molar-refractivity contribution >= 4 is 11.8 Å².